The fraction of sp³-hybridized carbons (Fsp3) is 0.636. The van der Waals surface area contributed by atoms with Crippen molar-refractivity contribution in [2.45, 2.75) is 50.3 Å². The SMILES string of the molecule is COc1ccc(C(=O)N2CCC(CNC(C)=O)CC2)cc1S(=O)(=O)N1CCCCCC1. The minimum absolute atomic E-state index is 0.0464. The van der Waals surface area contributed by atoms with Gasteiger partial charge in [0.05, 0.1) is 7.11 Å². The number of amides is 2. The smallest absolute Gasteiger partial charge is 0.253 e. The number of piperidine rings is 1. The van der Waals surface area contributed by atoms with Crippen molar-refractivity contribution in [3.05, 3.63) is 23.8 Å². The van der Waals surface area contributed by atoms with Gasteiger partial charge in [-0.2, -0.15) is 4.31 Å². The highest BCUT2D eigenvalue weighted by atomic mass is 32.2. The van der Waals surface area contributed by atoms with E-state index in [1.165, 1.54) is 24.4 Å². The number of carbonyl (C=O) groups excluding carboxylic acids is 2. The maximum atomic E-state index is 13.3. The second-order valence-electron chi connectivity index (χ2n) is 8.36. The van der Waals surface area contributed by atoms with Crippen LogP contribution in [0.5, 0.6) is 5.75 Å². The van der Waals surface area contributed by atoms with Gasteiger partial charge in [0.15, 0.2) is 0 Å². The van der Waals surface area contributed by atoms with Crippen molar-refractivity contribution >= 4 is 21.8 Å². The molecule has 2 aliphatic rings. The molecule has 31 heavy (non-hydrogen) atoms. The minimum Gasteiger partial charge on any atom is -0.495 e. The molecule has 1 aromatic rings. The highest BCUT2D eigenvalue weighted by Gasteiger charge is 2.30. The van der Waals surface area contributed by atoms with Crippen LogP contribution in [0.3, 0.4) is 0 Å². The Labute approximate surface area is 185 Å². The van der Waals surface area contributed by atoms with E-state index in [2.05, 4.69) is 5.32 Å². The summed E-state index contributed by atoms with van der Waals surface area (Å²) in [5.74, 6) is 0.389. The van der Waals surface area contributed by atoms with Gasteiger partial charge in [-0.15, -0.1) is 0 Å². The van der Waals surface area contributed by atoms with E-state index in [1.54, 1.807) is 17.0 Å². The Balaban J connectivity index is 1.75. The summed E-state index contributed by atoms with van der Waals surface area (Å²) < 4.78 is 33.5. The average molecular weight is 452 g/mol. The summed E-state index contributed by atoms with van der Waals surface area (Å²) in [6.07, 6.45) is 5.35. The molecule has 0 spiro atoms. The molecular weight excluding hydrogens is 418 g/mol. The molecule has 2 aliphatic heterocycles. The van der Waals surface area contributed by atoms with Crippen LogP contribution in [-0.4, -0.2) is 69.3 Å². The molecule has 2 saturated heterocycles. The molecule has 0 saturated carbocycles. The van der Waals surface area contributed by atoms with Crippen LogP contribution in [0.25, 0.3) is 0 Å². The van der Waals surface area contributed by atoms with Crippen LogP contribution < -0.4 is 10.1 Å². The molecule has 2 heterocycles. The number of likely N-dealkylation sites (tertiary alicyclic amines) is 1. The van der Waals surface area contributed by atoms with Crippen LogP contribution in [0.2, 0.25) is 0 Å². The molecule has 0 bridgehead atoms. The Kier molecular flexibility index (Phi) is 7.94. The van der Waals surface area contributed by atoms with Gasteiger partial charge in [-0.05, 0) is 49.8 Å². The standard InChI is InChI=1S/C22H33N3O5S/c1-17(26)23-16-18-9-13-24(14-10-18)22(27)19-7-8-20(30-2)21(15-19)31(28,29)25-11-5-3-4-6-12-25/h7-8,15,18H,3-6,9-14,16H2,1-2H3,(H,23,26). The first-order valence-corrected chi connectivity index (χ1v) is 12.5. The van der Waals surface area contributed by atoms with Crippen LogP contribution in [0.4, 0.5) is 0 Å². The number of ether oxygens (including phenoxy) is 1. The highest BCUT2D eigenvalue weighted by Crippen LogP contribution is 2.30. The Bertz CT molecular complexity index is 886. The predicted octanol–water partition coefficient (Wildman–Crippen LogP) is 2.25. The third kappa shape index (κ3) is 5.77. The Morgan fingerprint density at radius 1 is 1.06 bits per heavy atom. The topological polar surface area (TPSA) is 96.0 Å². The van der Waals surface area contributed by atoms with Gasteiger partial charge in [-0.1, -0.05) is 12.8 Å². The second kappa shape index (κ2) is 10.5. The van der Waals surface area contributed by atoms with Crippen LogP contribution in [-0.2, 0) is 14.8 Å². The number of benzene rings is 1. The van der Waals surface area contributed by atoms with Crippen LogP contribution in [0.1, 0.15) is 55.8 Å². The van der Waals surface area contributed by atoms with Gasteiger partial charge in [0.1, 0.15) is 10.6 Å². The van der Waals surface area contributed by atoms with Gasteiger partial charge >= 0.3 is 0 Å². The molecule has 0 aromatic heterocycles. The molecule has 0 unspecified atom stereocenters. The normalized spacial score (nSPS) is 19.0. The molecule has 0 atom stereocenters. The summed E-state index contributed by atoms with van der Waals surface area (Å²) in [6.45, 7) is 4.28. The quantitative estimate of drug-likeness (QED) is 0.716. The number of rotatable bonds is 6. The van der Waals surface area contributed by atoms with Crippen molar-refractivity contribution in [1.82, 2.24) is 14.5 Å². The maximum Gasteiger partial charge on any atom is 0.253 e. The van der Waals surface area contributed by atoms with E-state index < -0.39 is 10.0 Å². The fourth-order valence-electron chi connectivity index (χ4n) is 4.24. The van der Waals surface area contributed by atoms with Gasteiger partial charge in [-0.3, -0.25) is 9.59 Å². The zero-order chi connectivity index (χ0) is 22.4. The van der Waals surface area contributed by atoms with Crippen molar-refractivity contribution in [3.8, 4) is 5.75 Å². The molecular formula is C22H33N3O5S. The fourth-order valence-corrected chi connectivity index (χ4v) is 5.94. The van der Waals surface area contributed by atoms with E-state index in [0.29, 0.717) is 44.2 Å². The van der Waals surface area contributed by atoms with Crippen molar-refractivity contribution in [2.24, 2.45) is 5.92 Å². The van der Waals surface area contributed by atoms with E-state index >= 15 is 0 Å². The average Bonchev–Trinajstić information content (AvgIpc) is 3.07. The molecule has 3 rings (SSSR count). The lowest BCUT2D eigenvalue weighted by Gasteiger charge is -2.32. The van der Waals surface area contributed by atoms with Gasteiger partial charge in [-0.25, -0.2) is 8.42 Å². The molecule has 2 fully saturated rings. The number of carbonyl (C=O) groups is 2. The van der Waals surface area contributed by atoms with Gasteiger partial charge < -0.3 is 15.0 Å². The largest absolute Gasteiger partial charge is 0.495 e. The summed E-state index contributed by atoms with van der Waals surface area (Å²) >= 11 is 0. The minimum atomic E-state index is -3.74. The maximum absolute atomic E-state index is 13.3. The molecule has 1 N–H and O–H groups in total. The molecule has 9 heteroatoms. The monoisotopic (exact) mass is 451 g/mol. The zero-order valence-corrected chi connectivity index (χ0v) is 19.2. The van der Waals surface area contributed by atoms with Crippen LogP contribution in [0, 0.1) is 5.92 Å². The number of nitrogens with zero attached hydrogens (tertiary/aromatic N) is 2. The predicted molar refractivity (Wildman–Crippen MR) is 118 cm³/mol. The number of nitrogens with one attached hydrogen (secondary N) is 1. The van der Waals surface area contributed by atoms with Crippen molar-refractivity contribution in [2.75, 3.05) is 39.8 Å². The first kappa shape index (κ1) is 23.5. The van der Waals surface area contributed by atoms with Crippen LogP contribution in [0.15, 0.2) is 23.1 Å². The van der Waals surface area contributed by atoms with E-state index in [-0.39, 0.29) is 22.5 Å². The first-order chi connectivity index (χ1) is 14.8. The second-order valence-corrected chi connectivity index (χ2v) is 10.3. The molecule has 172 valence electrons. The molecule has 2 amide bonds. The highest BCUT2D eigenvalue weighted by molar-refractivity contribution is 7.89. The van der Waals surface area contributed by atoms with E-state index in [0.717, 1.165) is 38.5 Å². The summed E-state index contributed by atoms with van der Waals surface area (Å²) in [6, 6.07) is 4.66. The van der Waals surface area contributed by atoms with Gasteiger partial charge in [0.25, 0.3) is 5.91 Å². The molecule has 8 nitrogen and oxygen atoms in total. The number of methoxy groups -OCH3 is 1. The first-order valence-electron chi connectivity index (χ1n) is 11.0. The zero-order valence-electron chi connectivity index (χ0n) is 18.4. The van der Waals surface area contributed by atoms with E-state index in [1.807, 2.05) is 0 Å². The van der Waals surface area contributed by atoms with Crippen molar-refractivity contribution in [3.63, 3.8) is 0 Å². The Morgan fingerprint density at radius 2 is 1.71 bits per heavy atom. The summed E-state index contributed by atoms with van der Waals surface area (Å²) in [7, 11) is -2.30. The number of sulfonamides is 1. The third-order valence-electron chi connectivity index (χ3n) is 6.13. The Morgan fingerprint density at radius 3 is 2.29 bits per heavy atom. The van der Waals surface area contributed by atoms with Gasteiger partial charge in [0.2, 0.25) is 15.9 Å². The lowest BCUT2D eigenvalue weighted by molar-refractivity contribution is -0.119. The lowest BCUT2D eigenvalue weighted by Crippen LogP contribution is -2.41. The van der Waals surface area contributed by atoms with Crippen molar-refractivity contribution in [1.29, 1.82) is 0 Å². The third-order valence-corrected chi connectivity index (χ3v) is 8.05. The summed E-state index contributed by atoms with van der Waals surface area (Å²) in [4.78, 5) is 26.0. The molecule has 1 aromatic carbocycles. The summed E-state index contributed by atoms with van der Waals surface area (Å²) in [5, 5.41) is 2.84. The van der Waals surface area contributed by atoms with Crippen LogP contribution >= 0.6 is 0 Å². The summed E-state index contributed by atoms with van der Waals surface area (Å²) in [5.41, 5.74) is 0.356. The number of hydrogen-bond donors (Lipinski definition) is 1. The molecule has 0 radical (unpaired) electrons. The van der Waals surface area contributed by atoms with Gasteiger partial charge in [0, 0.05) is 45.2 Å². The lowest BCUT2D eigenvalue weighted by atomic mass is 9.96. The Hall–Kier alpha value is -2.13. The number of hydrogen-bond acceptors (Lipinski definition) is 5. The van der Waals surface area contributed by atoms with Crippen molar-refractivity contribution < 1.29 is 22.7 Å². The van der Waals surface area contributed by atoms with E-state index in [9.17, 15) is 18.0 Å². The van der Waals surface area contributed by atoms with E-state index in [4.69, 9.17) is 4.74 Å². The molecule has 0 aliphatic carbocycles.